The van der Waals surface area contributed by atoms with Crippen molar-refractivity contribution >= 4 is 0 Å². The molecule has 2 atom stereocenters. The summed E-state index contributed by atoms with van der Waals surface area (Å²) in [6, 6.07) is 0.648. The van der Waals surface area contributed by atoms with Crippen molar-refractivity contribution in [1.29, 1.82) is 0 Å². The molecule has 0 aliphatic carbocycles. The third-order valence-electron chi connectivity index (χ3n) is 3.88. The van der Waals surface area contributed by atoms with Crippen molar-refractivity contribution in [1.82, 2.24) is 4.90 Å². The highest BCUT2D eigenvalue weighted by molar-refractivity contribution is 4.86. The first kappa shape index (κ1) is 13.9. The molecule has 0 aromatic heterocycles. The standard InChI is InChI=1S/C13H28N2O/c1-4-6-12(2)15(3)10-13(9-14)7-5-8-16-11-13/h12H,4-11,14H2,1-3H3. The van der Waals surface area contributed by atoms with E-state index in [1.54, 1.807) is 0 Å². The summed E-state index contributed by atoms with van der Waals surface area (Å²) in [6.07, 6.45) is 4.88. The van der Waals surface area contributed by atoms with Crippen molar-refractivity contribution in [2.24, 2.45) is 11.1 Å². The lowest BCUT2D eigenvalue weighted by atomic mass is 9.82. The van der Waals surface area contributed by atoms with Crippen LogP contribution in [0.2, 0.25) is 0 Å². The van der Waals surface area contributed by atoms with Gasteiger partial charge in [0.1, 0.15) is 0 Å². The molecule has 0 aromatic rings. The predicted octanol–water partition coefficient (Wildman–Crippen LogP) is 1.86. The average Bonchev–Trinajstić information content (AvgIpc) is 2.30. The lowest BCUT2D eigenvalue weighted by Crippen LogP contribution is -2.48. The van der Waals surface area contributed by atoms with Crippen LogP contribution in [0.25, 0.3) is 0 Å². The fourth-order valence-electron chi connectivity index (χ4n) is 2.58. The Morgan fingerprint density at radius 2 is 2.25 bits per heavy atom. The molecule has 1 fully saturated rings. The first-order valence-corrected chi connectivity index (χ1v) is 6.61. The molecule has 3 heteroatoms. The van der Waals surface area contributed by atoms with E-state index >= 15 is 0 Å². The summed E-state index contributed by atoms with van der Waals surface area (Å²) < 4.78 is 5.61. The molecule has 0 bridgehead atoms. The maximum Gasteiger partial charge on any atom is 0.0546 e. The summed E-state index contributed by atoms with van der Waals surface area (Å²) in [5.74, 6) is 0. The van der Waals surface area contributed by atoms with Gasteiger partial charge in [-0.15, -0.1) is 0 Å². The Morgan fingerprint density at radius 1 is 1.50 bits per heavy atom. The highest BCUT2D eigenvalue weighted by Gasteiger charge is 2.33. The van der Waals surface area contributed by atoms with Crippen LogP contribution in [0.1, 0.15) is 39.5 Å². The largest absolute Gasteiger partial charge is 0.381 e. The van der Waals surface area contributed by atoms with Gasteiger partial charge in [0, 0.05) is 31.2 Å². The van der Waals surface area contributed by atoms with Gasteiger partial charge in [0.25, 0.3) is 0 Å². The van der Waals surface area contributed by atoms with Crippen LogP contribution < -0.4 is 5.73 Å². The first-order valence-electron chi connectivity index (χ1n) is 6.61. The van der Waals surface area contributed by atoms with Gasteiger partial charge in [-0.3, -0.25) is 0 Å². The summed E-state index contributed by atoms with van der Waals surface area (Å²) >= 11 is 0. The minimum Gasteiger partial charge on any atom is -0.381 e. The number of hydrogen-bond acceptors (Lipinski definition) is 3. The topological polar surface area (TPSA) is 38.5 Å². The van der Waals surface area contributed by atoms with Crippen molar-refractivity contribution in [2.75, 3.05) is 33.4 Å². The van der Waals surface area contributed by atoms with E-state index in [1.165, 1.54) is 19.3 Å². The molecular formula is C13H28N2O. The van der Waals surface area contributed by atoms with E-state index in [9.17, 15) is 0 Å². The lowest BCUT2D eigenvalue weighted by Gasteiger charge is -2.40. The van der Waals surface area contributed by atoms with Crippen LogP contribution in [0.5, 0.6) is 0 Å². The molecule has 3 nitrogen and oxygen atoms in total. The van der Waals surface area contributed by atoms with Gasteiger partial charge in [0.2, 0.25) is 0 Å². The van der Waals surface area contributed by atoms with Crippen LogP contribution in [0.3, 0.4) is 0 Å². The molecule has 1 aliphatic heterocycles. The summed E-state index contributed by atoms with van der Waals surface area (Å²) in [5, 5.41) is 0. The van der Waals surface area contributed by atoms with Crippen LogP contribution in [0.4, 0.5) is 0 Å². The van der Waals surface area contributed by atoms with Gasteiger partial charge < -0.3 is 15.4 Å². The van der Waals surface area contributed by atoms with Crippen molar-refractivity contribution < 1.29 is 4.74 Å². The fraction of sp³-hybridized carbons (Fsp3) is 1.00. The third kappa shape index (κ3) is 3.72. The molecule has 2 unspecified atom stereocenters. The molecule has 0 radical (unpaired) electrons. The molecule has 0 saturated carbocycles. The Bertz CT molecular complexity index is 190. The van der Waals surface area contributed by atoms with E-state index in [-0.39, 0.29) is 5.41 Å². The summed E-state index contributed by atoms with van der Waals surface area (Å²) in [5.41, 5.74) is 6.16. The summed E-state index contributed by atoms with van der Waals surface area (Å²) in [4.78, 5) is 2.45. The molecule has 1 heterocycles. The van der Waals surface area contributed by atoms with Crippen molar-refractivity contribution in [2.45, 2.75) is 45.6 Å². The quantitative estimate of drug-likeness (QED) is 0.754. The minimum atomic E-state index is 0.203. The molecule has 2 N–H and O–H groups in total. The number of rotatable bonds is 6. The van der Waals surface area contributed by atoms with E-state index in [0.717, 1.165) is 32.7 Å². The molecule has 1 aliphatic rings. The maximum atomic E-state index is 5.95. The zero-order chi connectivity index (χ0) is 12.0. The summed E-state index contributed by atoms with van der Waals surface area (Å²) in [6.45, 7) is 8.12. The second-order valence-electron chi connectivity index (χ2n) is 5.41. The zero-order valence-electron chi connectivity index (χ0n) is 11.2. The third-order valence-corrected chi connectivity index (χ3v) is 3.88. The second-order valence-corrected chi connectivity index (χ2v) is 5.41. The Hall–Kier alpha value is -0.120. The van der Waals surface area contributed by atoms with Crippen molar-refractivity contribution in [3.63, 3.8) is 0 Å². The van der Waals surface area contributed by atoms with Crippen LogP contribution >= 0.6 is 0 Å². The maximum absolute atomic E-state index is 5.95. The molecule has 0 amide bonds. The van der Waals surface area contributed by atoms with Gasteiger partial charge in [-0.2, -0.15) is 0 Å². The SMILES string of the molecule is CCCC(C)N(C)CC1(CN)CCCOC1. The van der Waals surface area contributed by atoms with E-state index in [0.29, 0.717) is 6.04 Å². The highest BCUT2D eigenvalue weighted by atomic mass is 16.5. The smallest absolute Gasteiger partial charge is 0.0546 e. The Morgan fingerprint density at radius 3 is 2.75 bits per heavy atom. The number of hydrogen-bond donors (Lipinski definition) is 1. The van der Waals surface area contributed by atoms with Crippen LogP contribution in [-0.2, 0) is 4.74 Å². The molecular weight excluding hydrogens is 200 g/mol. The van der Waals surface area contributed by atoms with Crippen LogP contribution in [0, 0.1) is 5.41 Å². The van der Waals surface area contributed by atoms with Crippen molar-refractivity contribution in [3.8, 4) is 0 Å². The molecule has 96 valence electrons. The molecule has 1 rings (SSSR count). The molecule has 0 spiro atoms. The number of ether oxygens (including phenoxy) is 1. The Kier molecular flexibility index (Phi) is 5.73. The normalized spacial score (nSPS) is 28.3. The monoisotopic (exact) mass is 228 g/mol. The van der Waals surface area contributed by atoms with Crippen LogP contribution in [0.15, 0.2) is 0 Å². The summed E-state index contributed by atoms with van der Waals surface area (Å²) in [7, 11) is 2.21. The van der Waals surface area contributed by atoms with Crippen molar-refractivity contribution in [3.05, 3.63) is 0 Å². The molecule has 1 saturated heterocycles. The number of nitrogens with two attached hydrogens (primary N) is 1. The predicted molar refractivity (Wildman–Crippen MR) is 68.5 cm³/mol. The number of nitrogens with zero attached hydrogens (tertiary/aromatic N) is 1. The van der Waals surface area contributed by atoms with Crippen LogP contribution in [-0.4, -0.2) is 44.3 Å². The van der Waals surface area contributed by atoms with Gasteiger partial charge in [0.05, 0.1) is 6.61 Å². The van der Waals surface area contributed by atoms with E-state index < -0.39 is 0 Å². The zero-order valence-corrected chi connectivity index (χ0v) is 11.2. The Balaban J connectivity index is 2.48. The van der Waals surface area contributed by atoms with E-state index in [4.69, 9.17) is 10.5 Å². The first-order chi connectivity index (χ1) is 7.63. The minimum absolute atomic E-state index is 0.203. The van der Waals surface area contributed by atoms with Gasteiger partial charge in [-0.25, -0.2) is 0 Å². The van der Waals surface area contributed by atoms with Gasteiger partial charge in [0.15, 0.2) is 0 Å². The van der Waals surface area contributed by atoms with E-state index in [1.807, 2.05) is 0 Å². The average molecular weight is 228 g/mol. The Labute approximate surface area is 100 Å². The highest BCUT2D eigenvalue weighted by Crippen LogP contribution is 2.29. The van der Waals surface area contributed by atoms with E-state index in [2.05, 4.69) is 25.8 Å². The molecule has 0 aromatic carbocycles. The van der Waals surface area contributed by atoms with Gasteiger partial charge >= 0.3 is 0 Å². The molecule has 16 heavy (non-hydrogen) atoms. The fourth-order valence-corrected chi connectivity index (χ4v) is 2.58. The van der Waals surface area contributed by atoms with Gasteiger partial charge in [-0.05, 0) is 33.2 Å². The van der Waals surface area contributed by atoms with Gasteiger partial charge in [-0.1, -0.05) is 13.3 Å². The lowest BCUT2D eigenvalue weighted by molar-refractivity contribution is -0.0234. The second kappa shape index (κ2) is 6.58.